The molecule has 0 bridgehead atoms. The van der Waals surface area contributed by atoms with E-state index in [-0.39, 0.29) is 12.7 Å². The van der Waals surface area contributed by atoms with Gasteiger partial charge in [0, 0.05) is 28.8 Å². The highest BCUT2D eigenvalue weighted by atomic mass is 79.9. The SMILES string of the molecule is CC(O)c1ccc(Br)cc1N1CCOC(CO)C1. The number of hydrogen-bond acceptors (Lipinski definition) is 4. The van der Waals surface area contributed by atoms with Gasteiger partial charge in [-0.05, 0) is 19.1 Å². The molecule has 1 aromatic rings. The molecule has 1 aliphatic heterocycles. The van der Waals surface area contributed by atoms with Crippen molar-refractivity contribution in [2.24, 2.45) is 0 Å². The first-order valence-corrected chi connectivity index (χ1v) is 6.86. The number of aliphatic hydroxyl groups is 2. The highest BCUT2D eigenvalue weighted by Crippen LogP contribution is 2.30. The first-order valence-electron chi connectivity index (χ1n) is 6.06. The van der Waals surface area contributed by atoms with Crippen molar-refractivity contribution in [2.75, 3.05) is 31.2 Å². The maximum Gasteiger partial charge on any atom is 0.0980 e. The van der Waals surface area contributed by atoms with Crippen molar-refractivity contribution in [1.29, 1.82) is 0 Å². The lowest BCUT2D eigenvalue weighted by Crippen LogP contribution is -2.44. The lowest BCUT2D eigenvalue weighted by molar-refractivity contribution is 0.00342. The molecule has 2 unspecified atom stereocenters. The molecule has 5 heteroatoms. The summed E-state index contributed by atoms with van der Waals surface area (Å²) < 4.78 is 6.42. The predicted molar refractivity (Wildman–Crippen MR) is 73.8 cm³/mol. The maximum atomic E-state index is 9.83. The number of ether oxygens (including phenoxy) is 1. The third-order valence-electron chi connectivity index (χ3n) is 3.13. The van der Waals surface area contributed by atoms with Crippen LogP contribution in [0.15, 0.2) is 22.7 Å². The molecule has 1 heterocycles. The number of aliphatic hydroxyl groups excluding tert-OH is 2. The summed E-state index contributed by atoms with van der Waals surface area (Å²) in [6.07, 6.45) is -0.664. The van der Waals surface area contributed by atoms with Gasteiger partial charge in [-0.25, -0.2) is 0 Å². The van der Waals surface area contributed by atoms with Crippen LogP contribution in [0.5, 0.6) is 0 Å². The average molecular weight is 316 g/mol. The molecule has 0 amide bonds. The van der Waals surface area contributed by atoms with E-state index in [0.29, 0.717) is 13.2 Å². The van der Waals surface area contributed by atoms with Crippen LogP contribution in [-0.2, 0) is 4.74 Å². The van der Waals surface area contributed by atoms with Gasteiger partial charge in [-0.1, -0.05) is 22.0 Å². The Bertz CT molecular complexity index is 411. The van der Waals surface area contributed by atoms with Crippen LogP contribution in [0, 0.1) is 0 Å². The molecule has 4 nitrogen and oxygen atoms in total. The fourth-order valence-corrected chi connectivity index (χ4v) is 2.54. The van der Waals surface area contributed by atoms with Gasteiger partial charge in [-0.3, -0.25) is 0 Å². The zero-order valence-electron chi connectivity index (χ0n) is 10.3. The van der Waals surface area contributed by atoms with Crippen molar-refractivity contribution >= 4 is 21.6 Å². The first-order chi connectivity index (χ1) is 8.61. The number of rotatable bonds is 3. The lowest BCUT2D eigenvalue weighted by Gasteiger charge is -2.35. The van der Waals surface area contributed by atoms with Crippen molar-refractivity contribution in [1.82, 2.24) is 0 Å². The van der Waals surface area contributed by atoms with E-state index in [0.717, 1.165) is 22.3 Å². The van der Waals surface area contributed by atoms with Gasteiger partial charge >= 0.3 is 0 Å². The Morgan fingerprint density at radius 3 is 3.00 bits per heavy atom. The van der Waals surface area contributed by atoms with Crippen LogP contribution in [0.25, 0.3) is 0 Å². The largest absolute Gasteiger partial charge is 0.394 e. The molecule has 1 aliphatic rings. The summed E-state index contributed by atoms with van der Waals surface area (Å²) in [7, 11) is 0. The summed E-state index contributed by atoms with van der Waals surface area (Å²) in [6, 6.07) is 5.85. The normalized spacial score (nSPS) is 22.0. The van der Waals surface area contributed by atoms with Crippen LogP contribution in [0.3, 0.4) is 0 Å². The Morgan fingerprint density at radius 2 is 2.33 bits per heavy atom. The van der Waals surface area contributed by atoms with E-state index in [1.165, 1.54) is 0 Å². The zero-order valence-corrected chi connectivity index (χ0v) is 11.9. The number of benzene rings is 1. The molecule has 2 N–H and O–H groups in total. The second-order valence-electron chi connectivity index (χ2n) is 4.50. The van der Waals surface area contributed by atoms with E-state index in [4.69, 9.17) is 4.74 Å². The molecule has 0 aliphatic carbocycles. The minimum atomic E-state index is -0.511. The molecule has 1 fully saturated rings. The van der Waals surface area contributed by atoms with Crippen LogP contribution in [0.2, 0.25) is 0 Å². The van der Waals surface area contributed by atoms with Crippen LogP contribution in [0.1, 0.15) is 18.6 Å². The number of anilines is 1. The van der Waals surface area contributed by atoms with Crippen molar-refractivity contribution in [3.8, 4) is 0 Å². The Hall–Kier alpha value is -0.620. The fraction of sp³-hybridized carbons (Fsp3) is 0.538. The first kappa shape index (κ1) is 13.8. The second-order valence-corrected chi connectivity index (χ2v) is 5.42. The van der Waals surface area contributed by atoms with Gasteiger partial charge in [0.15, 0.2) is 0 Å². The molecule has 0 aromatic heterocycles. The molecule has 1 aromatic carbocycles. The van der Waals surface area contributed by atoms with Gasteiger partial charge in [0.25, 0.3) is 0 Å². The monoisotopic (exact) mass is 315 g/mol. The number of nitrogens with zero attached hydrogens (tertiary/aromatic N) is 1. The molecule has 1 saturated heterocycles. The van der Waals surface area contributed by atoms with E-state index in [9.17, 15) is 10.2 Å². The van der Waals surface area contributed by atoms with Gasteiger partial charge in [-0.2, -0.15) is 0 Å². The quantitative estimate of drug-likeness (QED) is 0.891. The van der Waals surface area contributed by atoms with E-state index in [1.807, 2.05) is 18.2 Å². The van der Waals surface area contributed by atoms with Gasteiger partial charge in [0.1, 0.15) is 0 Å². The minimum Gasteiger partial charge on any atom is -0.394 e. The van der Waals surface area contributed by atoms with Crippen LogP contribution in [0.4, 0.5) is 5.69 Å². The summed E-state index contributed by atoms with van der Waals surface area (Å²) >= 11 is 3.46. The maximum absolute atomic E-state index is 9.83. The summed E-state index contributed by atoms with van der Waals surface area (Å²) in [5.41, 5.74) is 1.90. The number of halogens is 1. The summed E-state index contributed by atoms with van der Waals surface area (Å²) in [5.74, 6) is 0. The predicted octanol–water partition coefficient (Wildman–Crippen LogP) is 1.70. The highest BCUT2D eigenvalue weighted by molar-refractivity contribution is 9.10. The highest BCUT2D eigenvalue weighted by Gasteiger charge is 2.22. The Labute approximate surface area is 115 Å². The number of morpholine rings is 1. The zero-order chi connectivity index (χ0) is 13.1. The third kappa shape index (κ3) is 3.03. The summed E-state index contributed by atoms with van der Waals surface area (Å²) in [5, 5.41) is 19.0. The Kier molecular flexibility index (Phi) is 4.61. The molecular weight excluding hydrogens is 298 g/mol. The van der Waals surface area contributed by atoms with Crippen molar-refractivity contribution < 1.29 is 14.9 Å². The summed E-state index contributed by atoms with van der Waals surface area (Å²) in [4.78, 5) is 2.15. The van der Waals surface area contributed by atoms with Crippen LogP contribution >= 0.6 is 15.9 Å². The van der Waals surface area contributed by atoms with E-state index < -0.39 is 6.10 Å². The Balaban J connectivity index is 2.28. The van der Waals surface area contributed by atoms with Crippen LogP contribution in [-0.4, -0.2) is 42.6 Å². The smallest absolute Gasteiger partial charge is 0.0980 e. The van der Waals surface area contributed by atoms with Crippen molar-refractivity contribution in [3.63, 3.8) is 0 Å². The molecule has 2 atom stereocenters. The molecule has 2 rings (SSSR count). The second kappa shape index (κ2) is 6.02. The molecular formula is C13H18BrNO3. The van der Waals surface area contributed by atoms with E-state index in [2.05, 4.69) is 20.8 Å². The molecule has 0 spiro atoms. The topological polar surface area (TPSA) is 52.9 Å². The van der Waals surface area contributed by atoms with Crippen molar-refractivity contribution in [2.45, 2.75) is 19.1 Å². The van der Waals surface area contributed by atoms with Gasteiger partial charge in [-0.15, -0.1) is 0 Å². The van der Waals surface area contributed by atoms with Gasteiger partial charge in [0.2, 0.25) is 0 Å². The molecule has 18 heavy (non-hydrogen) atoms. The van der Waals surface area contributed by atoms with Gasteiger partial charge in [0.05, 0.1) is 25.4 Å². The minimum absolute atomic E-state index is 0.0223. The number of hydrogen-bond donors (Lipinski definition) is 2. The molecule has 0 saturated carbocycles. The summed E-state index contributed by atoms with van der Waals surface area (Å²) in [6.45, 7) is 3.79. The third-order valence-corrected chi connectivity index (χ3v) is 3.62. The lowest BCUT2D eigenvalue weighted by atomic mass is 10.1. The molecule has 0 radical (unpaired) electrons. The van der Waals surface area contributed by atoms with Crippen molar-refractivity contribution in [3.05, 3.63) is 28.2 Å². The van der Waals surface area contributed by atoms with Crippen LogP contribution < -0.4 is 4.90 Å². The van der Waals surface area contributed by atoms with Gasteiger partial charge < -0.3 is 19.8 Å². The Morgan fingerprint density at radius 1 is 1.56 bits per heavy atom. The fourth-order valence-electron chi connectivity index (χ4n) is 2.19. The van der Waals surface area contributed by atoms with E-state index in [1.54, 1.807) is 6.92 Å². The average Bonchev–Trinajstić information content (AvgIpc) is 2.38. The molecule has 100 valence electrons. The standard InChI is InChI=1S/C13H18BrNO3/c1-9(17)12-3-2-10(14)6-13(12)15-4-5-18-11(7-15)8-16/h2-3,6,9,11,16-17H,4-5,7-8H2,1H3. The van der Waals surface area contributed by atoms with E-state index >= 15 is 0 Å².